The molecule has 0 radical (unpaired) electrons. The van der Waals surface area contributed by atoms with Gasteiger partial charge in [0.25, 0.3) is 0 Å². The van der Waals surface area contributed by atoms with Crippen molar-refractivity contribution in [1.29, 1.82) is 0 Å². The number of aliphatic carboxylic acids is 1. The van der Waals surface area contributed by atoms with Crippen LogP contribution in [0.4, 0.5) is 13.2 Å². The average molecular weight is 624 g/mol. The van der Waals surface area contributed by atoms with Crippen LogP contribution in [0, 0.1) is 11.8 Å². The summed E-state index contributed by atoms with van der Waals surface area (Å²) in [5, 5.41) is 10.9. The minimum Gasteiger partial charge on any atom is -0.486 e. The Balaban J connectivity index is 0.000000541. The lowest BCUT2D eigenvalue weighted by molar-refractivity contribution is -0.192. The normalized spacial score (nSPS) is 24.3. The van der Waals surface area contributed by atoms with Crippen LogP contribution in [0.3, 0.4) is 0 Å². The molecule has 3 aliphatic rings. The molecule has 5 rings (SSSR count). The Morgan fingerprint density at radius 1 is 1.21 bits per heavy atom. The zero-order valence-electron chi connectivity index (χ0n) is 24.0. The molecule has 2 aromatic rings. The fraction of sp³-hybridized carbons (Fsp3) is 0.483. The van der Waals surface area contributed by atoms with Gasteiger partial charge in [-0.1, -0.05) is 29.8 Å². The zero-order chi connectivity index (χ0) is 31.9. The molecule has 1 unspecified atom stereocenters. The maximum Gasteiger partial charge on any atom is 0.490 e. The molecule has 1 aromatic heterocycles. The standard InChI is InChI=1S/C27H32ClN5O3.C2HF3O2/c1-26(2)13-21(34)33(25(29)32-26)22(15-7-6-10-30-14-15)17-11-18(17)24(35)31-20-12-27(3,4)36-23-16(20)8-5-9-19(23)28;3-2(4,5)1(6)7/h5-10,14,17-18,20,22H,11-13H2,1-4H3,(H2,29,32)(H,31,35);(H,6,7)/t17-,18-,20?,22+;/m1./s1. The van der Waals surface area contributed by atoms with E-state index in [1.165, 1.54) is 0 Å². The van der Waals surface area contributed by atoms with E-state index in [0.717, 1.165) is 11.1 Å². The number of rotatable bonds is 5. The Kier molecular flexibility index (Phi) is 8.70. The second-order valence-electron chi connectivity index (χ2n) is 12.0. The number of para-hydroxylation sites is 1. The van der Waals surface area contributed by atoms with Crippen LogP contribution >= 0.6 is 11.6 Å². The van der Waals surface area contributed by atoms with E-state index < -0.39 is 29.3 Å². The number of ether oxygens (including phenoxy) is 1. The number of nitrogens with zero attached hydrogens (tertiary/aromatic N) is 3. The second kappa shape index (κ2) is 11.7. The molecule has 0 bridgehead atoms. The number of fused-ring (bicyclic) bond motifs is 1. The lowest BCUT2D eigenvalue weighted by Gasteiger charge is -2.39. The highest BCUT2D eigenvalue weighted by Gasteiger charge is 2.53. The highest BCUT2D eigenvalue weighted by Crippen LogP contribution is 2.52. The van der Waals surface area contributed by atoms with Gasteiger partial charge in [-0.2, -0.15) is 13.2 Å². The molecule has 1 fully saturated rings. The van der Waals surface area contributed by atoms with Gasteiger partial charge in [-0.3, -0.25) is 19.5 Å². The molecular weight excluding hydrogens is 591 g/mol. The molecule has 1 aliphatic carbocycles. The third-order valence-corrected chi connectivity index (χ3v) is 7.71. The first kappa shape index (κ1) is 32.1. The number of aromatic nitrogens is 1. The summed E-state index contributed by atoms with van der Waals surface area (Å²) in [4.78, 5) is 46.0. The van der Waals surface area contributed by atoms with E-state index in [1.807, 2.05) is 52.0 Å². The highest BCUT2D eigenvalue weighted by molar-refractivity contribution is 6.32. The summed E-state index contributed by atoms with van der Waals surface area (Å²) in [5.74, 6) is -2.46. The number of carbonyl (C=O) groups is 3. The van der Waals surface area contributed by atoms with Crippen LogP contribution in [0.25, 0.3) is 0 Å². The third-order valence-electron chi connectivity index (χ3n) is 7.41. The summed E-state index contributed by atoms with van der Waals surface area (Å²) in [6.07, 6.45) is -0.151. The van der Waals surface area contributed by atoms with E-state index in [0.29, 0.717) is 23.6 Å². The second-order valence-corrected chi connectivity index (χ2v) is 12.5. The lowest BCUT2D eigenvalue weighted by atomic mass is 9.89. The number of hydrogen-bond donors (Lipinski definition) is 3. The molecule has 43 heavy (non-hydrogen) atoms. The number of hydrogen-bond acceptors (Lipinski definition) is 7. The fourth-order valence-electron chi connectivity index (χ4n) is 5.52. The minimum absolute atomic E-state index is 0.0529. The van der Waals surface area contributed by atoms with Gasteiger partial charge in [0, 0.05) is 30.3 Å². The maximum absolute atomic E-state index is 13.5. The SMILES string of the molecule is CC1(C)CC(=O)N([C@@H](c2cccnc2)[C@@H]2C[C@H]2C(=O)NC2CC(C)(C)Oc3c(Cl)cccc32)C(N)=N1.O=C(O)C(F)(F)F. The Labute approximate surface area is 251 Å². The van der Waals surface area contributed by atoms with Crippen molar-refractivity contribution in [2.75, 3.05) is 0 Å². The number of nitrogens with one attached hydrogen (secondary N) is 1. The minimum atomic E-state index is -5.08. The first-order chi connectivity index (χ1) is 19.9. The molecule has 2 aliphatic heterocycles. The van der Waals surface area contributed by atoms with E-state index in [2.05, 4.69) is 15.3 Å². The highest BCUT2D eigenvalue weighted by atomic mass is 35.5. The number of alkyl halides is 3. The Hall–Kier alpha value is -3.87. The van der Waals surface area contributed by atoms with Crippen molar-refractivity contribution in [3.63, 3.8) is 0 Å². The van der Waals surface area contributed by atoms with Gasteiger partial charge in [0.2, 0.25) is 11.8 Å². The van der Waals surface area contributed by atoms with Crippen molar-refractivity contribution in [2.24, 2.45) is 22.6 Å². The molecule has 10 nitrogen and oxygen atoms in total. The van der Waals surface area contributed by atoms with E-state index >= 15 is 0 Å². The Morgan fingerprint density at radius 2 is 1.88 bits per heavy atom. The molecule has 14 heteroatoms. The number of pyridine rings is 1. The third kappa shape index (κ3) is 7.38. The van der Waals surface area contributed by atoms with Crippen molar-refractivity contribution in [2.45, 2.75) is 76.4 Å². The van der Waals surface area contributed by atoms with Crippen LogP contribution in [0.5, 0.6) is 5.75 Å². The number of carboxylic acids is 1. The number of halogens is 4. The Morgan fingerprint density at radius 3 is 2.47 bits per heavy atom. The van der Waals surface area contributed by atoms with Gasteiger partial charge in [0.05, 0.1) is 29.1 Å². The molecule has 232 valence electrons. The quantitative estimate of drug-likeness (QED) is 0.434. The predicted octanol–water partition coefficient (Wildman–Crippen LogP) is 4.79. The van der Waals surface area contributed by atoms with E-state index in [9.17, 15) is 22.8 Å². The topological polar surface area (TPSA) is 147 Å². The molecule has 1 saturated carbocycles. The summed E-state index contributed by atoms with van der Waals surface area (Å²) in [6.45, 7) is 7.76. The largest absolute Gasteiger partial charge is 0.490 e. The Bertz CT molecular complexity index is 1430. The molecule has 1 aromatic carbocycles. The van der Waals surface area contributed by atoms with Crippen molar-refractivity contribution in [3.8, 4) is 5.75 Å². The monoisotopic (exact) mass is 623 g/mol. The summed E-state index contributed by atoms with van der Waals surface area (Å²) in [7, 11) is 0. The van der Waals surface area contributed by atoms with Crippen LogP contribution in [0.1, 0.15) is 70.2 Å². The van der Waals surface area contributed by atoms with Crippen LogP contribution in [0.15, 0.2) is 47.7 Å². The van der Waals surface area contributed by atoms with Gasteiger partial charge in [-0.15, -0.1) is 0 Å². The average Bonchev–Trinajstić information content (AvgIpc) is 3.67. The van der Waals surface area contributed by atoms with Gasteiger partial charge in [-0.05, 0) is 57.7 Å². The van der Waals surface area contributed by atoms with Crippen molar-refractivity contribution < 1.29 is 37.4 Å². The van der Waals surface area contributed by atoms with Crippen molar-refractivity contribution in [3.05, 3.63) is 58.9 Å². The molecule has 0 saturated heterocycles. The molecule has 2 amide bonds. The van der Waals surface area contributed by atoms with Gasteiger partial charge >= 0.3 is 12.1 Å². The van der Waals surface area contributed by atoms with Crippen LogP contribution in [0.2, 0.25) is 5.02 Å². The van der Waals surface area contributed by atoms with Crippen molar-refractivity contribution in [1.82, 2.24) is 15.2 Å². The first-order valence-corrected chi connectivity index (χ1v) is 13.9. The summed E-state index contributed by atoms with van der Waals surface area (Å²) in [6, 6.07) is 8.72. The summed E-state index contributed by atoms with van der Waals surface area (Å²) in [5.41, 5.74) is 7.01. The van der Waals surface area contributed by atoms with E-state index in [-0.39, 0.29) is 42.1 Å². The fourth-order valence-corrected chi connectivity index (χ4v) is 5.74. The number of aliphatic imine (C=N–C) groups is 1. The number of amides is 2. The number of carboxylic acid groups (broad SMARTS) is 1. The molecule has 4 atom stereocenters. The number of guanidine groups is 1. The lowest BCUT2D eigenvalue weighted by Crippen LogP contribution is -2.52. The maximum atomic E-state index is 13.5. The van der Waals surface area contributed by atoms with E-state index in [1.54, 1.807) is 23.4 Å². The van der Waals surface area contributed by atoms with E-state index in [4.69, 9.17) is 32.0 Å². The molecule has 3 heterocycles. The number of benzene rings is 1. The zero-order valence-corrected chi connectivity index (χ0v) is 24.7. The van der Waals surface area contributed by atoms with Crippen LogP contribution < -0.4 is 15.8 Å². The van der Waals surface area contributed by atoms with Gasteiger partial charge in [0.1, 0.15) is 11.4 Å². The summed E-state index contributed by atoms with van der Waals surface area (Å²) < 4.78 is 37.8. The van der Waals surface area contributed by atoms with Crippen LogP contribution in [-0.4, -0.2) is 56.0 Å². The summed E-state index contributed by atoms with van der Waals surface area (Å²) >= 11 is 6.41. The smallest absolute Gasteiger partial charge is 0.486 e. The van der Waals surface area contributed by atoms with Gasteiger partial charge < -0.3 is 20.9 Å². The van der Waals surface area contributed by atoms with Gasteiger partial charge in [0.15, 0.2) is 5.96 Å². The molecular formula is C29H33ClF3N5O5. The number of nitrogens with two attached hydrogens (primary N) is 1. The predicted molar refractivity (Wildman–Crippen MR) is 151 cm³/mol. The molecule has 0 spiro atoms. The van der Waals surface area contributed by atoms with Crippen molar-refractivity contribution >= 4 is 35.3 Å². The first-order valence-electron chi connectivity index (χ1n) is 13.6. The van der Waals surface area contributed by atoms with Gasteiger partial charge in [-0.25, -0.2) is 9.79 Å². The van der Waals surface area contributed by atoms with Crippen LogP contribution in [-0.2, 0) is 14.4 Å². The molecule has 4 N–H and O–H groups in total. The number of carbonyl (C=O) groups excluding carboxylic acids is 2.